The summed E-state index contributed by atoms with van der Waals surface area (Å²) in [6.45, 7) is 13.2. The Morgan fingerprint density at radius 1 is 1.21 bits per heavy atom. The van der Waals surface area contributed by atoms with Crippen LogP contribution in [-0.4, -0.2) is 0 Å². The van der Waals surface area contributed by atoms with Crippen LogP contribution in [0.25, 0.3) is 6.08 Å². The van der Waals surface area contributed by atoms with E-state index in [0.29, 0.717) is 0 Å². The van der Waals surface area contributed by atoms with E-state index in [4.69, 9.17) is 0 Å². The van der Waals surface area contributed by atoms with E-state index in [2.05, 4.69) is 71.9 Å². The second kappa shape index (κ2) is 13.0. The molecule has 0 nitrogen and oxygen atoms in total. The van der Waals surface area contributed by atoms with Crippen molar-refractivity contribution >= 4 is 6.08 Å². The normalized spacial score (nSPS) is 10.6. The molecular formula is C23H34Y-2. The summed E-state index contributed by atoms with van der Waals surface area (Å²) in [4.78, 5) is 0. The average Bonchev–Trinajstić information content (AvgIpc) is 2.46. The van der Waals surface area contributed by atoms with Gasteiger partial charge in [0, 0.05) is 32.7 Å². The smallest absolute Gasteiger partial charge is 0 e. The maximum atomic E-state index is 3.59. The van der Waals surface area contributed by atoms with E-state index in [9.17, 15) is 0 Å². The Kier molecular flexibility index (Phi) is 12.8. The van der Waals surface area contributed by atoms with Crippen LogP contribution in [0.15, 0.2) is 23.8 Å². The molecule has 0 heterocycles. The molecule has 0 amide bonds. The molecule has 1 radical (unpaired) electrons. The molecule has 131 valence electrons. The predicted octanol–water partition coefficient (Wildman–Crippen LogP) is 7.19. The molecular weight excluding hydrogens is 365 g/mol. The van der Waals surface area contributed by atoms with Gasteiger partial charge >= 0.3 is 0 Å². The Bertz CT molecular complexity index is 510. The van der Waals surface area contributed by atoms with E-state index in [1.54, 1.807) is 0 Å². The number of hydrogen-bond donors (Lipinski definition) is 0. The quantitative estimate of drug-likeness (QED) is 0.234. The molecule has 0 atom stereocenters. The molecule has 0 saturated heterocycles. The van der Waals surface area contributed by atoms with Crippen molar-refractivity contribution in [1.29, 1.82) is 0 Å². The Morgan fingerprint density at radius 3 is 2.50 bits per heavy atom. The summed E-state index contributed by atoms with van der Waals surface area (Å²) in [5.74, 6) is 1.44. The first-order valence-electron chi connectivity index (χ1n) is 9.10. The predicted molar refractivity (Wildman–Crippen MR) is 105 cm³/mol. The molecule has 1 aromatic rings. The summed E-state index contributed by atoms with van der Waals surface area (Å²) < 4.78 is 0. The van der Waals surface area contributed by atoms with Gasteiger partial charge in [0.05, 0.1) is 0 Å². The second-order valence-electron chi connectivity index (χ2n) is 6.97. The fourth-order valence-corrected chi connectivity index (χ4v) is 2.83. The van der Waals surface area contributed by atoms with Crippen LogP contribution >= 0.6 is 0 Å². The maximum Gasteiger partial charge on any atom is 0 e. The van der Waals surface area contributed by atoms with Crippen molar-refractivity contribution in [1.82, 2.24) is 0 Å². The summed E-state index contributed by atoms with van der Waals surface area (Å²) in [5, 5.41) is 0. The fourth-order valence-electron chi connectivity index (χ4n) is 2.83. The number of unbranched alkanes of at least 4 members (excludes halogenated alkanes) is 2. The van der Waals surface area contributed by atoms with Crippen molar-refractivity contribution in [2.45, 2.75) is 80.1 Å². The molecule has 0 aromatic heterocycles. The zero-order chi connectivity index (χ0) is 17.2. The van der Waals surface area contributed by atoms with Crippen LogP contribution in [0.5, 0.6) is 0 Å². The van der Waals surface area contributed by atoms with Gasteiger partial charge in [-0.2, -0.15) is 28.8 Å². The van der Waals surface area contributed by atoms with E-state index in [1.807, 2.05) is 0 Å². The Balaban J connectivity index is 0.00000529. The summed E-state index contributed by atoms with van der Waals surface area (Å²) in [7, 11) is 0. The minimum absolute atomic E-state index is 0. The van der Waals surface area contributed by atoms with Crippen molar-refractivity contribution in [3.63, 3.8) is 0 Å². The van der Waals surface area contributed by atoms with E-state index in [-0.39, 0.29) is 32.7 Å². The van der Waals surface area contributed by atoms with E-state index in [1.165, 1.54) is 53.0 Å². The summed E-state index contributed by atoms with van der Waals surface area (Å²) in [5.41, 5.74) is 6.77. The number of rotatable bonds is 9. The zero-order valence-corrected chi connectivity index (χ0v) is 19.5. The fraction of sp³-hybridized carbons (Fsp3) is 0.522. The van der Waals surface area contributed by atoms with Crippen LogP contribution in [-0.2, 0) is 39.1 Å². The van der Waals surface area contributed by atoms with Crippen LogP contribution in [0.3, 0.4) is 0 Å². The van der Waals surface area contributed by atoms with Crippen LogP contribution in [0, 0.1) is 25.8 Å². The van der Waals surface area contributed by atoms with Gasteiger partial charge in [-0.05, 0) is 20.3 Å². The van der Waals surface area contributed by atoms with Crippen LogP contribution in [0.2, 0.25) is 0 Å². The molecule has 0 unspecified atom stereocenters. The Hall–Kier alpha value is -0.326. The van der Waals surface area contributed by atoms with E-state index < -0.39 is 0 Å². The average molecular weight is 399 g/mol. The summed E-state index contributed by atoms with van der Waals surface area (Å²) >= 11 is 0. The van der Waals surface area contributed by atoms with Crippen LogP contribution < -0.4 is 0 Å². The van der Waals surface area contributed by atoms with E-state index >= 15 is 0 Å². The SMILES string of the molecule is CCCCCc1[c-]c(C)c(/C=C\[C-](C)CCC=C(C)C)c(C)c1.[Y]. The van der Waals surface area contributed by atoms with Crippen LogP contribution in [0.4, 0.5) is 0 Å². The molecule has 0 bridgehead atoms. The van der Waals surface area contributed by atoms with Crippen molar-refractivity contribution in [2.75, 3.05) is 0 Å². The van der Waals surface area contributed by atoms with Gasteiger partial charge in [-0.1, -0.05) is 64.5 Å². The third-order valence-electron chi connectivity index (χ3n) is 4.24. The number of allylic oxidation sites excluding steroid dienone is 3. The van der Waals surface area contributed by atoms with Gasteiger partial charge in [0.1, 0.15) is 0 Å². The number of aryl methyl sites for hydroxylation is 3. The standard InChI is InChI=1S/C23H34.Y/c1-7-8-9-13-22-16-20(5)23(21(6)17-22)15-14-19(4)12-10-11-18(2)3;/h11,14-16H,7-10,12-13H2,1-6H3;/q-2;/b15-14-;. The van der Waals surface area contributed by atoms with Gasteiger partial charge in [0.15, 0.2) is 0 Å². The van der Waals surface area contributed by atoms with Crippen LogP contribution in [0.1, 0.15) is 82.1 Å². The van der Waals surface area contributed by atoms with Gasteiger partial charge in [0.25, 0.3) is 0 Å². The Labute approximate surface area is 176 Å². The van der Waals surface area contributed by atoms with Gasteiger partial charge in [-0.3, -0.25) is 6.08 Å². The maximum absolute atomic E-state index is 3.59. The molecule has 0 aliphatic carbocycles. The first-order valence-corrected chi connectivity index (χ1v) is 9.10. The molecule has 1 rings (SSSR count). The number of hydrogen-bond acceptors (Lipinski definition) is 0. The third-order valence-corrected chi connectivity index (χ3v) is 4.24. The summed E-state index contributed by atoms with van der Waals surface area (Å²) in [6.07, 6.45) is 14.2. The molecule has 0 fully saturated rings. The first kappa shape index (κ1) is 23.7. The minimum atomic E-state index is 0. The molecule has 0 saturated carbocycles. The molecule has 1 aromatic carbocycles. The third kappa shape index (κ3) is 9.23. The Morgan fingerprint density at radius 2 is 1.92 bits per heavy atom. The van der Waals surface area contributed by atoms with Crippen molar-refractivity contribution in [2.24, 2.45) is 0 Å². The molecule has 0 aliphatic heterocycles. The topological polar surface area (TPSA) is 0 Å². The second-order valence-corrected chi connectivity index (χ2v) is 6.97. The first-order chi connectivity index (χ1) is 10.9. The summed E-state index contributed by atoms with van der Waals surface area (Å²) in [6, 6.07) is 5.91. The van der Waals surface area contributed by atoms with Gasteiger partial charge < -0.3 is 0 Å². The van der Waals surface area contributed by atoms with E-state index in [0.717, 1.165) is 19.3 Å². The molecule has 0 aliphatic rings. The number of benzene rings is 1. The molecule has 0 spiro atoms. The van der Waals surface area contributed by atoms with Crippen molar-refractivity contribution in [3.05, 3.63) is 58.0 Å². The molecule has 0 N–H and O–H groups in total. The monoisotopic (exact) mass is 399 g/mol. The minimum Gasteiger partial charge on any atom is -0.259 e. The van der Waals surface area contributed by atoms with Crippen molar-refractivity contribution in [3.8, 4) is 0 Å². The van der Waals surface area contributed by atoms with Gasteiger partial charge in [-0.15, -0.1) is 6.92 Å². The largest absolute Gasteiger partial charge is 0.259 e. The molecule has 1 heteroatoms. The molecule has 24 heavy (non-hydrogen) atoms. The van der Waals surface area contributed by atoms with Gasteiger partial charge in [0.2, 0.25) is 0 Å². The zero-order valence-electron chi connectivity index (χ0n) is 16.6. The van der Waals surface area contributed by atoms with Crippen molar-refractivity contribution < 1.29 is 32.7 Å². The van der Waals surface area contributed by atoms with Gasteiger partial charge in [-0.25, -0.2) is 17.6 Å².